The summed E-state index contributed by atoms with van der Waals surface area (Å²) < 4.78 is 0. The molecule has 2 unspecified atom stereocenters. The molecule has 0 aromatic carbocycles. The maximum absolute atomic E-state index is 12.0. The van der Waals surface area contributed by atoms with Crippen LogP contribution in [-0.4, -0.2) is 46.8 Å². The number of carbonyl (C=O) groups is 2. The van der Waals surface area contributed by atoms with Crippen LogP contribution < -0.4 is 0 Å². The van der Waals surface area contributed by atoms with Crippen LogP contribution >= 0.6 is 0 Å². The second-order valence-corrected chi connectivity index (χ2v) is 4.49. The molecule has 2 heterocycles. The van der Waals surface area contributed by atoms with E-state index in [1.54, 1.807) is 4.90 Å². The molecular weight excluding hydrogens is 224 g/mol. The minimum absolute atomic E-state index is 0.0709. The minimum atomic E-state index is -1.12. The molecule has 1 N–H and O–H groups in total. The second kappa shape index (κ2) is 4.73. The van der Waals surface area contributed by atoms with Gasteiger partial charge in [0.15, 0.2) is 5.71 Å². The van der Waals surface area contributed by atoms with Crippen molar-refractivity contribution < 1.29 is 19.5 Å². The van der Waals surface area contributed by atoms with E-state index in [0.29, 0.717) is 5.92 Å². The summed E-state index contributed by atoms with van der Waals surface area (Å²) in [4.78, 5) is 29.3. The molecule has 6 nitrogen and oxygen atoms in total. The fourth-order valence-corrected chi connectivity index (χ4v) is 2.21. The molecule has 2 aliphatic rings. The molecule has 1 amide bonds. The van der Waals surface area contributed by atoms with Crippen LogP contribution in [0.5, 0.6) is 0 Å². The average Bonchev–Trinajstić information content (AvgIpc) is 2.97. The normalized spacial score (nSPS) is 27.8. The smallest absolute Gasteiger partial charge is 0.353 e. The van der Waals surface area contributed by atoms with Gasteiger partial charge in [-0.2, -0.15) is 0 Å². The van der Waals surface area contributed by atoms with E-state index in [1.807, 2.05) is 0 Å². The van der Waals surface area contributed by atoms with Gasteiger partial charge in [-0.3, -0.25) is 4.79 Å². The zero-order valence-corrected chi connectivity index (χ0v) is 9.76. The Labute approximate surface area is 99.2 Å². The van der Waals surface area contributed by atoms with Crippen LogP contribution in [0.25, 0.3) is 0 Å². The van der Waals surface area contributed by atoms with Crippen molar-refractivity contribution in [1.82, 2.24) is 4.90 Å². The van der Waals surface area contributed by atoms with Gasteiger partial charge in [-0.15, -0.1) is 0 Å². The van der Waals surface area contributed by atoms with Crippen LogP contribution in [0.4, 0.5) is 0 Å². The number of rotatable bonds is 3. The van der Waals surface area contributed by atoms with Gasteiger partial charge in [-0.25, -0.2) is 4.79 Å². The molecule has 94 valence electrons. The number of aliphatic carboxylic acids is 1. The lowest BCUT2D eigenvalue weighted by Crippen LogP contribution is -2.38. The third-order valence-corrected chi connectivity index (χ3v) is 3.37. The van der Waals surface area contributed by atoms with Gasteiger partial charge in [0.2, 0.25) is 6.10 Å². The van der Waals surface area contributed by atoms with E-state index in [0.717, 1.165) is 25.9 Å². The first-order valence-corrected chi connectivity index (χ1v) is 5.86. The third-order valence-electron chi connectivity index (χ3n) is 3.37. The molecule has 6 heteroatoms. The van der Waals surface area contributed by atoms with Crippen LogP contribution in [0.2, 0.25) is 0 Å². The number of carboxylic acids is 1. The number of hydrogen-bond acceptors (Lipinski definition) is 4. The summed E-state index contributed by atoms with van der Waals surface area (Å²) in [6.45, 7) is 3.59. The molecule has 0 radical (unpaired) electrons. The van der Waals surface area contributed by atoms with Crippen LogP contribution in [0, 0.1) is 5.92 Å². The zero-order chi connectivity index (χ0) is 12.4. The van der Waals surface area contributed by atoms with Crippen LogP contribution in [0.3, 0.4) is 0 Å². The number of hydrogen-bond donors (Lipinski definition) is 1. The monoisotopic (exact) mass is 240 g/mol. The van der Waals surface area contributed by atoms with Crippen molar-refractivity contribution in [2.24, 2.45) is 11.1 Å². The quantitative estimate of drug-likeness (QED) is 0.778. The summed E-state index contributed by atoms with van der Waals surface area (Å²) >= 11 is 0. The zero-order valence-electron chi connectivity index (χ0n) is 9.76. The van der Waals surface area contributed by atoms with E-state index in [4.69, 9.17) is 9.94 Å². The first-order chi connectivity index (χ1) is 8.11. The Bertz CT molecular complexity index is 366. The highest BCUT2D eigenvalue weighted by Gasteiger charge is 2.36. The highest BCUT2D eigenvalue weighted by atomic mass is 16.6. The molecule has 2 atom stereocenters. The fraction of sp³-hybridized carbons (Fsp3) is 0.727. The number of likely N-dealkylation sites (tertiary alicyclic amines) is 1. The van der Waals surface area contributed by atoms with E-state index in [9.17, 15) is 9.59 Å². The van der Waals surface area contributed by atoms with Crippen LogP contribution in [0.1, 0.15) is 26.2 Å². The number of amides is 1. The summed E-state index contributed by atoms with van der Waals surface area (Å²) in [7, 11) is 0. The van der Waals surface area contributed by atoms with Gasteiger partial charge in [0, 0.05) is 19.5 Å². The van der Waals surface area contributed by atoms with E-state index in [-0.39, 0.29) is 18.0 Å². The largest absolute Gasteiger partial charge is 0.477 e. The molecule has 0 spiro atoms. The molecule has 0 aliphatic carbocycles. The maximum Gasteiger partial charge on any atom is 0.353 e. The SMILES string of the molecule is CCC1CCN(C(=O)C2CC(C(=O)O)=NO2)C1. The van der Waals surface area contributed by atoms with E-state index in [2.05, 4.69) is 12.1 Å². The van der Waals surface area contributed by atoms with Crippen molar-refractivity contribution >= 4 is 17.6 Å². The van der Waals surface area contributed by atoms with Gasteiger partial charge >= 0.3 is 5.97 Å². The van der Waals surface area contributed by atoms with Gasteiger partial charge in [0.25, 0.3) is 5.91 Å². The number of carboxylic acid groups (broad SMARTS) is 1. The maximum atomic E-state index is 12.0. The Morgan fingerprint density at radius 1 is 1.59 bits per heavy atom. The van der Waals surface area contributed by atoms with Gasteiger partial charge in [-0.1, -0.05) is 18.5 Å². The molecule has 0 aromatic rings. The molecule has 0 saturated carbocycles. The number of carbonyl (C=O) groups excluding carboxylic acids is 1. The van der Waals surface area contributed by atoms with Crippen molar-refractivity contribution in [2.75, 3.05) is 13.1 Å². The Morgan fingerprint density at radius 2 is 2.35 bits per heavy atom. The molecule has 0 aromatic heterocycles. The van der Waals surface area contributed by atoms with Gasteiger partial charge < -0.3 is 14.8 Å². The van der Waals surface area contributed by atoms with E-state index >= 15 is 0 Å². The van der Waals surface area contributed by atoms with Gasteiger partial charge in [0.05, 0.1) is 0 Å². The standard InChI is InChI=1S/C11H16N2O4/c1-2-7-3-4-13(6-7)10(14)9-5-8(11(15)16)12-17-9/h7,9H,2-6H2,1H3,(H,15,16). The minimum Gasteiger partial charge on any atom is -0.477 e. The van der Waals surface area contributed by atoms with Crippen molar-refractivity contribution in [3.8, 4) is 0 Å². The molecule has 2 rings (SSSR count). The highest BCUT2D eigenvalue weighted by Crippen LogP contribution is 2.22. The Morgan fingerprint density at radius 3 is 2.88 bits per heavy atom. The molecule has 17 heavy (non-hydrogen) atoms. The fourth-order valence-electron chi connectivity index (χ4n) is 2.21. The lowest BCUT2D eigenvalue weighted by Gasteiger charge is -2.18. The molecule has 1 fully saturated rings. The lowest BCUT2D eigenvalue weighted by molar-refractivity contribution is -0.141. The summed E-state index contributed by atoms with van der Waals surface area (Å²) in [6.07, 6.45) is 1.41. The summed E-state index contributed by atoms with van der Waals surface area (Å²) in [5.41, 5.74) is -0.0745. The van der Waals surface area contributed by atoms with Gasteiger partial charge in [0.1, 0.15) is 0 Å². The van der Waals surface area contributed by atoms with Crippen molar-refractivity contribution in [2.45, 2.75) is 32.3 Å². The van der Waals surface area contributed by atoms with Crippen LogP contribution in [0.15, 0.2) is 5.16 Å². The van der Waals surface area contributed by atoms with E-state index in [1.165, 1.54) is 0 Å². The van der Waals surface area contributed by atoms with Gasteiger partial charge in [-0.05, 0) is 12.3 Å². The Balaban J connectivity index is 1.89. The summed E-state index contributed by atoms with van der Waals surface area (Å²) in [5.74, 6) is -0.700. The number of oxime groups is 1. The molecule has 0 bridgehead atoms. The van der Waals surface area contributed by atoms with Crippen molar-refractivity contribution in [3.63, 3.8) is 0 Å². The van der Waals surface area contributed by atoms with Crippen molar-refractivity contribution in [3.05, 3.63) is 0 Å². The summed E-state index contributed by atoms with van der Waals surface area (Å²) in [6, 6.07) is 0. The van der Waals surface area contributed by atoms with Crippen LogP contribution in [-0.2, 0) is 14.4 Å². The van der Waals surface area contributed by atoms with E-state index < -0.39 is 12.1 Å². The second-order valence-electron chi connectivity index (χ2n) is 4.49. The predicted molar refractivity (Wildman–Crippen MR) is 59.5 cm³/mol. The van der Waals surface area contributed by atoms with Crippen molar-refractivity contribution in [1.29, 1.82) is 0 Å². The Hall–Kier alpha value is -1.59. The molecule has 1 saturated heterocycles. The average molecular weight is 240 g/mol. The molecule has 2 aliphatic heterocycles. The third kappa shape index (κ3) is 2.40. The predicted octanol–water partition coefficient (Wildman–Crippen LogP) is 0.474. The lowest BCUT2D eigenvalue weighted by atomic mass is 10.1. The topological polar surface area (TPSA) is 79.2 Å². The summed E-state index contributed by atoms with van der Waals surface area (Å²) in [5, 5.41) is 12.1. The molecular formula is C11H16N2O4. The number of nitrogens with zero attached hydrogens (tertiary/aromatic N) is 2. The highest BCUT2D eigenvalue weighted by molar-refractivity contribution is 6.36. The first kappa shape index (κ1) is 11.9. The first-order valence-electron chi connectivity index (χ1n) is 5.86. The Kier molecular flexibility index (Phi) is 3.31.